The van der Waals surface area contributed by atoms with E-state index in [0.717, 1.165) is 5.56 Å². The van der Waals surface area contributed by atoms with Crippen molar-refractivity contribution in [2.75, 3.05) is 11.9 Å². The molecule has 1 aliphatic carbocycles. The fraction of sp³-hybridized carbons (Fsp3) is 0.360. The summed E-state index contributed by atoms with van der Waals surface area (Å²) < 4.78 is 6.76. The Morgan fingerprint density at radius 3 is 2.46 bits per heavy atom. The Morgan fingerprint density at radius 2 is 1.87 bits per heavy atom. The standard InChI is InChI=1S/C25H25Cl2N7O4S/c1-5-38-23(37)17(30-20-19(21(35)25(20,2)3)39-24-31-32-33-34(24)4)10-13-6-8-14(9-7-13)29-22(36)18-15(26)11-28-12-16(18)27/h6-9,11-12,17,19H,5,10H2,1-4H3,(H,29,36)/t17-,19?/m0/s1. The average Bonchev–Trinajstić information content (AvgIpc) is 3.30. The van der Waals surface area contributed by atoms with Gasteiger partial charge in [0.15, 0.2) is 11.8 Å². The highest BCUT2D eigenvalue weighted by molar-refractivity contribution is 8.01. The van der Waals surface area contributed by atoms with Crippen molar-refractivity contribution in [1.29, 1.82) is 0 Å². The first-order valence-electron chi connectivity index (χ1n) is 11.9. The van der Waals surface area contributed by atoms with Crippen molar-refractivity contribution >= 4 is 64.0 Å². The molecule has 1 unspecified atom stereocenters. The van der Waals surface area contributed by atoms with Crippen LogP contribution in [0.5, 0.6) is 0 Å². The van der Waals surface area contributed by atoms with Gasteiger partial charge in [0.2, 0.25) is 5.16 Å². The second-order valence-corrected chi connectivity index (χ2v) is 11.1. The maximum Gasteiger partial charge on any atom is 0.331 e. The number of esters is 1. The van der Waals surface area contributed by atoms with Gasteiger partial charge in [0.25, 0.3) is 5.91 Å². The molecule has 0 saturated heterocycles. The van der Waals surface area contributed by atoms with Crippen molar-refractivity contribution in [3.8, 4) is 0 Å². The molecule has 204 valence electrons. The van der Waals surface area contributed by atoms with Crippen molar-refractivity contribution in [1.82, 2.24) is 25.2 Å². The molecule has 0 bridgehead atoms. The number of halogens is 2. The summed E-state index contributed by atoms with van der Waals surface area (Å²) in [6, 6.07) is 6.06. The second-order valence-electron chi connectivity index (χ2n) is 9.19. The first-order chi connectivity index (χ1) is 18.5. The number of aliphatic imine (C=N–C) groups is 1. The highest BCUT2D eigenvalue weighted by Gasteiger charge is 2.54. The molecule has 0 aliphatic heterocycles. The van der Waals surface area contributed by atoms with Gasteiger partial charge in [-0.1, -0.05) is 47.1 Å². The minimum Gasteiger partial charge on any atom is -0.464 e. The highest BCUT2D eigenvalue weighted by Crippen LogP contribution is 2.43. The van der Waals surface area contributed by atoms with Crippen LogP contribution in [-0.2, 0) is 27.8 Å². The first-order valence-corrected chi connectivity index (χ1v) is 13.5. The van der Waals surface area contributed by atoms with Crippen LogP contribution in [-0.4, -0.2) is 66.5 Å². The molecule has 39 heavy (non-hydrogen) atoms. The number of anilines is 1. The smallest absolute Gasteiger partial charge is 0.331 e. The van der Waals surface area contributed by atoms with Gasteiger partial charge in [-0.3, -0.25) is 19.6 Å². The molecule has 1 amide bonds. The van der Waals surface area contributed by atoms with Crippen LogP contribution < -0.4 is 5.32 Å². The number of carbonyl (C=O) groups is 3. The van der Waals surface area contributed by atoms with Crippen LogP contribution in [0.4, 0.5) is 5.69 Å². The van der Waals surface area contributed by atoms with Crippen LogP contribution >= 0.6 is 35.0 Å². The minimum atomic E-state index is -0.872. The summed E-state index contributed by atoms with van der Waals surface area (Å²) in [5.41, 5.74) is 1.15. The summed E-state index contributed by atoms with van der Waals surface area (Å²) in [4.78, 5) is 47.0. The lowest BCUT2D eigenvalue weighted by molar-refractivity contribution is -0.144. The van der Waals surface area contributed by atoms with Gasteiger partial charge in [-0.15, -0.1) is 5.10 Å². The zero-order valence-corrected chi connectivity index (χ0v) is 23.8. The third kappa shape index (κ3) is 6.13. The van der Waals surface area contributed by atoms with Gasteiger partial charge in [0, 0.05) is 37.3 Å². The van der Waals surface area contributed by atoms with E-state index >= 15 is 0 Å². The number of amides is 1. The number of Topliss-reactive ketones (excluding diaryl/α,β-unsaturated/α-hetero) is 1. The van der Waals surface area contributed by atoms with E-state index in [0.29, 0.717) is 16.6 Å². The molecule has 0 spiro atoms. The van der Waals surface area contributed by atoms with Gasteiger partial charge < -0.3 is 10.1 Å². The van der Waals surface area contributed by atoms with Crippen molar-refractivity contribution in [3.63, 3.8) is 0 Å². The lowest BCUT2D eigenvalue weighted by Gasteiger charge is -2.42. The van der Waals surface area contributed by atoms with Gasteiger partial charge in [-0.25, -0.2) is 9.48 Å². The third-order valence-corrected chi connectivity index (χ3v) is 7.93. The Morgan fingerprint density at radius 1 is 1.21 bits per heavy atom. The number of ketones is 1. The highest BCUT2D eigenvalue weighted by atomic mass is 35.5. The van der Waals surface area contributed by atoms with E-state index in [-0.39, 0.29) is 34.4 Å². The number of benzene rings is 1. The summed E-state index contributed by atoms with van der Waals surface area (Å²) in [6.45, 7) is 5.47. The topological polar surface area (TPSA) is 141 Å². The zero-order chi connectivity index (χ0) is 28.3. The molecular weight excluding hydrogens is 565 g/mol. The normalized spacial score (nSPS) is 17.9. The number of pyridine rings is 1. The summed E-state index contributed by atoms with van der Waals surface area (Å²) >= 11 is 13.3. The Hall–Kier alpha value is -3.35. The Balaban J connectivity index is 1.53. The summed E-state index contributed by atoms with van der Waals surface area (Å²) in [6.07, 6.45) is 2.91. The number of hydrogen-bond acceptors (Lipinski definition) is 10. The molecular formula is C25H25Cl2N7O4S. The molecule has 1 aliphatic rings. The molecule has 4 rings (SSSR count). The summed E-state index contributed by atoms with van der Waals surface area (Å²) in [5.74, 6) is -0.996. The van der Waals surface area contributed by atoms with Crippen molar-refractivity contribution in [3.05, 3.63) is 57.8 Å². The fourth-order valence-electron chi connectivity index (χ4n) is 3.95. The predicted molar refractivity (Wildman–Crippen MR) is 147 cm³/mol. The lowest BCUT2D eigenvalue weighted by atomic mass is 9.68. The SMILES string of the molecule is CCOC(=O)[C@H](Cc1ccc(NC(=O)c2c(Cl)cncc2Cl)cc1)N=C1C(Sc2nnnn2C)C(=O)C1(C)C. The maximum absolute atomic E-state index is 12.9. The number of thioether (sulfide) groups is 1. The average molecular weight is 590 g/mol. The van der Waals surface area contributed by atoms with E-state index in [1.165, 1.54) is 28.8 Å². The predicted octanol–water partition coefficient (Wildman–Crippen LogP) is 3.85. The number of nitrogens with one attached hydrogen (secondary N) is 1. The molecule has 11 nitrogen and oxygen atoms in total. The molecule has 2 aromatic heterocycles. The molecule has 2 heterocycles. The van der Waals surface area contributed by atoms with E-state index in [2.05, 4.69) is 25.8 Å². The van der Waals surface area contributed by atoms with Crippen LogP contribution in [0.25, 0.3) is 0 Å². The first kappa shape index (κ1) is 28.7. The van der Waals surface area contributed by atoms with E-state index in [4.69, 9.17) is 32.9 Å². The van der Waals surface area contributed by atoms with Crippen molar-refractivity contribution in [2.45, 2.75) is 43.6 Å². The number of nitrogens with zero attached hydrogens (tertiary/aromatic N) is 6. The van der Waals surface area contributed by atoms with Crippen LogP contribution in [0.15, 0.2) is 46.8 Å². The second kappa shape index (κ2) is 11.8. The Bertz CT molecular complexity index is 1420. The molecule has 0 radical (unpaired) electrons. The maximum atomic E-state index is 12.9. The summed E-state index contributed by atoms with van der Waals surface area (Å²) in [7, 11) is 1.68. The van der Waals surface area contributed by atoms with Gasteiger partial charge in [0.1, 0.15) is 5.25 Å². The Kier molecular flexibility index (Phi) is 8.67. The van der Waals surface area contributed by atoms with E-state index in [1.807, 2.05) is 0 Å². The van der Waals surface area contributed by atoms with Crippen LogP contribution in [0.2, 0.25) is 10.0 Å². The van der Waals surface area contributed by atoms with Crippen LogP contribution in [0, 0.1) is 5.41 Å². The monoisotopic (exact) mass is 589 g/mol. The summed E-state index contributed by atoms with van der Waals surface area (Å²) in [5, 5.41) is 14.2. The Labute approximate surface area is 238 Å². The molecule has 3 aromatic rings. The van der Waals surface area contributed by atoms with Gasteiger partial charge in [-0.2, -0.15) is 0 Å². The molecule has 1 aromatic carbocycles. The quantitative estimate of drug-likeness (QED) is 0.368. The third-order valence-electron chi connectivity index (χ3n) is 6.12. The van der Waals surface area contributed by atoms with E-state index in [9.17, 15) is 14.4 Å². The van der Waals surface area contributed by atoms with E-state index < -0.39 is 28.6 Å². The van der Waals surface area contributed by atoms with Gasteiger partial charge in [-0.05, 0) is 48.9 Å². The number of ether oxygens (including phenoxy) is 1. The number of rotatable bonds is 9. The van der Waals surface area contributed by atoms with E-state index in [1.54, 1.807) is 52.1 Å². The molecule has 2 atom stereocenters. The van der Waals surface area contributed by atoms with Gasteiger partial charge in [0.05, 0.1) is 27.6 Å². The van der Waals surface area contributed by atoms with Crippen LogP contribution in [0.1, 0.15) is 36.7 Å². The molecule has 14 heteroatoms. The zero-order valence-electron chi connectivity index (χ0n) is 21.5. The number of hydrogen-bond donors (Lipinski definition) is 1. The number of tetrazole rings is 1. The van der Waals surface area contributed by atoms with Gasteiger partial charge >= 0.3 is 5.97 Å². The number of carbonyl (C=O) groups excluding carboxylic acids is 3. The van der Waals surface area contributed by atoms with Crippen molar-refractivity contribution < 1.29 is 19.1 Å². The number of aryl methyl sites for hydroxylation is 1. The molecule has 1 N–H and O–H groups in total. The minimum absolute atomic E-state index is 0.0219. The largest absolute Gasteiger partial charge is 0.464 e. The molecule has 1 fully saturated rings. The van der Waals surface area contributed by atoms with Crippen molar-refractivity contribution in [2.24, 2.45) is 17.5 Å². The molecule has 1 saturated carbocycles. The van der Waals surface area contributed by atoms with Crippen LogP contribution in [0.3, 0.4) is 0 Å². The number of aromatic nitrogens is 5. The fourth-order valence-corrected chi connectivity index (χ4v) is 5.84. The lowest BCUT2D eigenvalue weighted by Crippen LogP contribution is -2.58.